The first-order chi connectivity index (χ1) is 8.30. The number of imidazole rings is 1. The Morgan fingerprint density at radius 3 is 2.17 bits per heavy atom. The second-order valence-electron chi connectivity index (χ2n) is 5.41. The molecule has 1 aromatic heterocycles. The summed E-state index contributed by atoms with van der Waals surface area (Å²) in [6.45, 7) is 8.15. The fourth-order valence-corrected chi connectivity index (χ4v) is 2.22. The van der Waals surface area contributed by atoms with Crippen molar-refractivity contribution in [2.24, 2.45) is 0 Å². The lowest BCUT2D eigenvalue weighted by molar-refractivity contribution is 0.393. The Bertz CT molecular complexity index is 562. The maximum atomic E-state index is 12.9. The van der Waals surface area contributed by atoms with Crippen LogP contribution in [0.1, 0.15) is 26.6 Å². The molecule has 0 amide bonds. The highest BCUT2D eigenvalue weighted by atomic mass is 19.1. The third kappa shape index (κ3) is 2.10. The molecule has 0 radical (unpaired) electrons. The number of halogens is 1. The summed E-state index contributed by atoms with van der Waals surface area (Å²) in [4.78, 5) is 4.49. The van der Waals surface area contributed by atoms with Crippen molar-refractivity contribution >= 4 is 5.82 Å². The quantitative estimate of drug-likeness (QED) is 0.840. The van der Waals surface area contributed by atoms with Gasteiger partial charge in [-0.05, 0) is 52.0 Å². The maximum Gasteiger partial charge on any atom is 0.132 e. The molecule has 96 valence electrons. The molecule has 1 heterocycles. The van der Waals surface area contributed by atoms with E-state index >= 15 is 0 Å². The Labute approximate surface area is 106 Å². The van der Waals surface area contributed by atoms with Crippen LogP contribution in [0.15, 0.2) is 24.3 Å². The number of anilines is 1. The average Bonchev–Trinajstić information content (AvgIpc) is 2.54. The van der Waals surface area contributed by atoms with E-state index in [0.717, 1.165) is 11.4 Å². The summed E-state index contributed by atoms with van der Waals surface area (Å²) < 4.78 is 14.9. The van der Waals surface area contributed by atoms with Crippen molar-refractivity contribution < 1.29 is 4.39 Å². The molecule has 2 N–H and O–H groups in total. The summed E-state index contributed by atoms with van der Waals surface area (Å²) in [5.41, 5.74) is 7.59. The molecular weight excluding hydrogens is 229 g/mol. The minimum atomic E-state index is -0.260. The summed E-state index contributed by atoms with van der Waals surface area (Å²) in [5.74, 6) is 1.22. The van der Waals surface area contributed by atoms with Gasteiger partial charge >= 0.3 is 0 Å². The molecule has 0 aliphatic carbocycles. The van der Waals surface area contributed by atoms with Crippen molar-refractivity contribution in [3.63, 3.8) is 0 Å². The largest absolute Gasteiger partial charge is 0.383 e. The number of nitrogens with zero attached hydrogens (tertiary/aromatic N) is 2. The van der Waals surface area contributed by atoms with Gasteiger partial charge in [0.25, 0.3) is 0 Å². The molecule has 0 saturated carbocycles. The highest BCUT2D eigenvalue weighted by Crippen LogP contribution is 2.30. The van der Waals surface area contributed by atoms with Crippen LogP contribution >= 0.6 is 0 Å². The van der Waals surface area contributed by atoms with Gasteiger partial charge in [0.15, 0.2) is 0 Å². The Morgan fingerprint density at radius 2 is 1.72 bits per heavy atom. The molecular formula is C14H18FN3. The highest BCUT2D eigenvalue weighted by molar-refractivity contribution is 5.71. The van der Waals surface area contributed by atoms with E-state index in [1.165, 1.54) is 12.1 Å². The Kier molecular flexibility index (Phi) is 2.89. The number of hydrogen-bond acceptors (Lipinski definition) is 2. The molecule has 0 spiro atoms. The molecule has 3 nitrogen and oxygen atoms in total. The normalized spacial score (nSPS) is 11.8. The molecule has 0 unspecified atom stereocenters. The van der Waals surface area contributed by atoms with Crippen molar-refractivity contribution in [2.45, 2.75) is 33.2 Å². The predicted octanol–water partition coefficient (Wildman–Crippen LogP) is 3.33. The van der Waals surface area contributed by atoms with Crippen LogP contribution in [0, 0.1) is 12.7 Å². The van der Waals surface area contributed by atoms with Gasteiger partial charge in [0.05, 0.1) is 0 Å². The molecule has 4 heteroatoms. The molecule has 0 fully saturated rings. The molecule has 0 aliphatic heterocycles. The van der Waals surface area contributed by atoms with Crippen LogP contribution in [0.25, 0.3) is 11.3 Å². The SMILES string of the molecule is Cc1nc(-c2ccc(F)cc2)c(N)n1C(C)(C)C. The molecule has 0 atom stereocenters. The first-order valence-electron chi connectivity index (χ1n) is 5.92. The molecule has 0 saturated heterocycles. The van der Waals surface area contributed by atoms with E-state index in [4.69, 9.17) is 5.73 Å². The van der Waals surface area contributed by atoms with Crippen molar-refractivity contribution in [3.05, 3.63) is 35.9 Å². The van der Waals surface area contributed by atoms with Crippen molar-refractivity contribution in [1.29, 1.82) is 0 Å². The number of hydrogen-bond donors (Lipinski definition) is 1. The highest BCUT2D eigenvalue weighted by Gasteiger charge is 2.22. The number of nitrogen functional groups attached to an aromatic ring is 1. The van der Waals surface area contributed by atoms with Crippen LogP contribution < -0.4 is 5.73 Å². The lowest BCUT2D eigenvalue weighted by Gasteiger charge is -2.24. The van der Waals surface area contributed by atoms with Crippen LogP contribution in [-0.4, -0.2) is 9.55 Å². The maximum absolute atomic E-state index is 12.9. The fourth-order valence-electron chi connectivity index (χ4n) is 2.22. The minimum absolute atomic E-state index is 0.126. The standard InChI is InChI=1S/C14H18FN3/c1-9-17-12(10-5-7-11(15)8-6-10)13(16)18(9)14(2,3)4/h5-8H,16H2,1-4H3. The van der Waals surface area contributed by atoms with Crippen LogP contribution in [0.4, 0.5) is 10.2 Å². The second kappa shape index (κ2) is 4.12. The summed E-state index contributed by atoms with van der Waals surface area (Å²) in [5, 5.41) is 0. The molecule has 18 heavy (non-hydrogen) atoms. The van der Waals surface area contributed by atoms with Crippen molar-refractivity contribution in [2.75, 3.05) is 5.73 Å². The van der Waals surface area contributed by atoms with E-state index in [1.807, 2.05) is 11.5 Å². The van der Waals surface area contributed by atoms with E-state index in [1.54, 1.807) is 12.1 Å². The number of aryl methyl sites for hydroxylation is 1. The van der Waals surface area contributed by atoms with Gasteiger partial charge < -0.3 is 10.3 Å². The van der Waals surface area contributed by atoms with E-state index in [0.29, 0.717) is 11.5 Å². The van der Waals surface area contributed by atoms with Gasteiger partial charge in [-0.15, -0.1) is 0 Å². The minimum Gasteiger partial charge on any atom is -0.383 e. The molecule has 1 aromatic carbocycles. The topological polar surface area (TPSA) is 43.8 Å². The van der Waals surface area contributed by atoms with E-state index in [9.17, 15) is 4.39 Å². The summed E-state index contributed by atoms with van der Waals surface area (Å²) >= 11 is 0. The fraction of sp³-hybridized carbons (Fsp3) is 0.357. The first kappa shape index (κ1) is 12.6. The van der Waals surface area contributed by atoms with Gasteiger partial charge in [0.1, 0.15) is 23.2 Å². The Hall–Kier alpha value is -1.84. The summed E-state index contributed by atoms with van der Waals surface area (Å²) in [6.07, 6.45) is 0. The van der Waals surface area contributed by atoms with Gasteiger partial charge in [-0.25, -0.2) is 9.37 Å². The molecule has 2 aromatic rings. The smallest absolute Gasteiger partial charge is 0.132 e. The predicted molar refractivity (Wildman–Crippen MR) is 71.8 cm³/mol. The lowest BCUT2D eigenvalue weighted by Crippen LogP contribution is -2.24. The Balaban J connectivity index is 2.57. The summed E-state index contributed by atoms with van der Waals surface area (Å²) in [6, 6.07) is 6.22. The van der Waals surface area contributed by atoms with Crippen LogP contribution in [0.2, 0.25) is 0 Å². The van der Waals surface area contributed by atoms with Crippen molar-refractivity contribution in [1.82, 2.24) is 9.55 Å². The zero-order valence-corrected chi connectivity index (χ0v) is 11.2. The van der Waals surface area contributed by atoms with Crippen LogP contribution in [0.5, 0.6) is 0 Å². The van der Waals surface area contributed by atoms with Crippen molar-refractivity contribution in [3.8, 4) is 11.3 Å². The van der Waals surface area contributed by atoms with Gasteiger partial charge in [0.2, 0.25) is 0 Å². The number of nitrogens with two attached hydrogens (primary N) is 1. The number of rotatable bonds is 1. The number of aromatic nitrogens is 2. The zero-order chi connectivity index (χ0) is 13.5. The second-order valence-corrected chi connectivity index (χ2v) is 5.41. The molecule has 2 rings (SSSR count). The van der Waals surface area contributed by atoms with E-state index in [-0.39, 0.29) is 11.4 Å². The monoisotopic (exact) mass is 247 g/mol. The number of benzene rings is 1. The van der Waals surface area contributed by atoms with Gasteiger partial charge in [-0.2, -0.15) is 0 Å². The lowest BCUT2D eigenvalue weighted by atomic mass is 10.1. The summed E-state index contributed by atoms with van der Waals surface area (Å²) in [7, 11) is 0. The van der Waals surface area contributed by atoms with E-state index in [2.05, 4.69) is 25.8 Å². The van der Waals surface area contributed by atoms with Gasteiger partial charge in [0, 0.05) is 11.1 Å². The van der Waals surface area contributed by atoms with Crippen LogP contribution in [0.3, 0.4) is 0 Å². The third-order valence-electron chi connectivity index (χ3n) is 2.87. The van der Waals surface area contributed by atoms with E-state index < -0.39 is 0 Å². The molecule has 0 bridgehead atoms. The zero-order valence-electron chi connectivity index (χ0n) is 11.2. The Morgan fingerprint density at radius 1 is 1.17 bits per heavy atom. The molecule has 0 aliphatic rings. The van der Waals surface area contributed by atoms with Crippen LogP contribution in [-0.2, 0) is 5.54 Å². The van der Waals surface area contributed by atoms with Gasteiger partial charge in [-0.3, -0.25) is 0 Å². The third-order valence-corrected chi connectivity index (χ3v) is 2.87. The first-order valence-corrected chi connectivity index (χ1v) is 5.92. The van der Waals surface area contributed by atoms with Gasteiger partial charge in [-0.1, -0.05) is 0 Å². The average molecular weight is 247 g/mol.